The molecule has 0 heterocycles. The van der Waals surface area contributed by atoms with Crippen LogP contribution in [0.1, 0.15) is 27.6 Å². The van der Waals surface area contributed by atoms with Crippen molar-refractivity contribution in [2.24, 2.45) is 0 Å². The Labute approximate surface area is 102 Å². The molecular weight excluding hydrogens is 255 g/mol. The average molecular weight is 263 g/mol. The Bertz CT molecular complexity index is 443. The quantitative estimate of drug-likeness (QED) is 0.851. The Morgan fingerprint density at radius 2 is 2.00 bits per heavy atom. The Hall–Kier alpha value is -1.26. The number of ether oxygens (including phenoxy) is 1. The second kappa shape index (κ2) is 5.18. The standard InChI is InChI=1S/C10H8Cl2O4/c1-2-16-10(15)5-3-4-6(11)8(12)7(5)9(13)14/h3-4H,2H2,1H3,(H,13,14). The molecule has 0 aliphatic heterocycles. The van der Waals surface area contributed by atoms with Gasteiger partial charge in [-0.1, -0.05) is 23.2 Å². The van der Waals surface area contributed by atoms with Gasteiger partial charge in [-0.3, -0.25) is 0 Å². The number of carbonyl (C=O) groups is 2. The van der Waals surface area contributed by atoms with Crippen LogP contribution in [0, 0.1) is 0 Å². The minimum Gasteiger partial charge on any atom is -0.478 e. The lowest BCUT2D eigenvalue weighted by Crippen LogP contribution is -2.12. The highest BCUT2D eigenvalue weighted by atomic mass is 35.5. The SMILES string of the molecule is CCOC(=O)c1ccc(Cl)c(Cl)c1C(=O)O. The minimum atomic E-state index is -1.32. The second-order valence-corrected chi connectivity index (χ2v) is 3.59. The summed E-state index contributed by atoms with van der Waals surface area (Å²) in [5.41, 5.74) is -0.448. The number of aromatic carboxylic acids is 1. The third-order valence-corrected chi connectivity index (χ3v) is 2.61. The van der Waals surface area contributed by atoms with Crippen molar-refractivity contribution in [2.45, 2.75) is 6.92 Å². The van der Waals surface area contributed by atoms with Crippen molar-refractivity contribution in [1.29, 1.82) is 0 Å². The van der Waals surface area contributed by atoms with Crippen LogP contribution in [0.4, 0.5) is 0 Å². The Morgan fingerprint density at radius 3 is 2.50 bits per heavy atom. The fourth-order valence-electron chi connectivity index (χ4n) is 1.14. The van der Waals surface area contributed by atoms with E-state index in [9.17, 15) is 9.59 Å². The number of carbonyl (C=O) groups excluding carboxylic acids is 1. The Morgan fingerprint density at radius 1 is 1.38 bits per heavy atom. The zero-order chi connectivity index (χ0) is 12.3. The molecule has 0 radical (unpaired) electrons. The fraction of sp³-hybridized carbons (Fsp3) is 0.200. The van der Waals surface area contributed by atoms with E-state index >= 15 is 0 Å². The van der Waals surface area contributed by atoms with Gasteiger partial charge in [0.2, 0.25) is 0 Å². The molecular formula is C10H8Cl2O4. The van der Waals surface area contributed by atoms with E-state index in [1.165, 1.54) is 12.1 Å². The number of halogens is 2. The molecule has 0 unspecified atom stereocenters. The van der Waals surface area contributed by atoms with Gasteiger partial charge in [0.25, 0.3) is 0 Å². The minimum absolute atomic E-state index is 0.0760. The highest BCUT2D eigenvalue weighted by Crippen LogP contribution is 2.29. The van der Waals surface area contributed by atoms with E-state index < -0.39 is 11.9 Å². The number of rotatable bonds is 3. The number of carboxylic acid groups (broad SMARTS) is 1. The first-order valence-corrected chi connectivity index (χ1v) is 5.13. The molecule has 0 aromatic heterocycles. The van der Waals surface area contributed by atoms with Gasteiger partial charge in [0.15, 0.2) is 0 Å². The molecule has 0 atom stereocenters. The molecule has 0 bridgehead atoms. The van der Waals surface area contributed by atoms with E-state index in [4.69, 9.17) is 33.0 Å². The van der Waals surface area contributed by atoms with Gasteiger partial charge < -0.3 is 9.84 Å². The Kier molecular flexibility index (Phi) is 4.15. The summed E-state index contributed by atoms with van der Waals surface area (Å²) in [5, 5.41) is 8.85. The van der Waals surface area contributed by atoms with Crippen LogP contribution in [-0.4, -0.2) is 23.7 Å². The van der Waals surface area contributed by atoms with Crippen LogP contribution in [0.3, 0.4) is 0 Å². The summed E-state index contributed by atoms with van der Waals surface area (Å²) in [4.78, 5) is 22.4. The molecule has 86 valence electrons. The van der Waals surface area contributed by atoms with Crippen LogP contribution in [0.5, 0.6) is 0 Å². The summed E-state index contributed by atoms with van der Waals surface area (Å²) in [6.45, 7) is 1.77. The molecule has 0 aliphatic rings. The van der Waals surface area contributed by atoms with Gasteiger partial charge in [-0.15, -0.1) is 0 Å². The highest BCUT2D eigenvalue weighted by molar-refractivity contribution is 6.44. The summed E-state index contributed by atoms with van der Waals surface area (Å²) < 4.78 is 4.71. The van der Waals surface area contributed by atoms with Gasteiger partial charge in [0, 0.05) is 0 Å². The van der Waals surface area contributed by atoms with E-state index in [1.54, 1.807) is 6.92 Å². The van der Waals surface area contributed by atoms with Gasteiger partial charge in [0.1, 0.15) is 0 Å². The van der Waals surface area contributed by atoms with Crippen LogP contribution >= 0.6 is 23.2 Å². The molecule has 0 saturated carbocycles. The van der Waals surface area contributed by atoms with Gasteiger partial charge in [-0.2, -0.15) is 0 Å². The molecule has 0 spiro atoms. The van der Waals surface area contributed by atoms with Crippen LogP contribution in [-0.2, 0) is 4.74 Å². The van der Waals surface area contributed by atoms with Crippen LogP contribution < -0.4 is 0 Å². The van der Waals surface area contributed by atoms with E-state index in [0.29, 0.717) is 0 Å². The maximum atomic E-state index is 11.4. The van der Waals surface area contributed by atoms with Crippen LogP contribution in [0.2, 0.25) is 10.0 Å². The lowest BCUT2D eigenvalue weighted by atomic mass is 10.1. The van der Waals surface area contributed by atoms with Crippen molar-refractivity contribution in [1.82, 2.24) is 0 Å². The van der Waals surface area contributed by atoms with Crippen molar-refractivity contribution in [3.05, 3.63) is 33.3 Å². The monoisotopic (exact) mass is 262 g/mol. The molecule has 1 N–H and O–H groups in total. The molecule has 4 nitrogen and oxygen atoms in total. The largest absolute Gasteiger partial charge is 0.478 e. The molecule has 1 rings (SSSR count). The zero-order valence-corrected chi connectivity index (χ0v) is 9.80. The first kappa shape index (κ1) is 12.8. The molecule has 0 amide bonds. The lowest BCUT2D eigenvalue weighted by molar-refractivity contribution is 0.0514. The predicted molar refractivity (Wildman–Crippen MR) is 59.4 cm³/mol. The smallest absolute Gasteiger partial charge is 0.339 e. The lowest BCUT2D eigenvalue weighted by Gasteiger charge is -2.08. The summed E-state index contributed by atoms with van der Waals surface area (Å²) in [5.74, 6) is -2.06. The second-order valence-electron chi connectivity index (χ2n) is 2.81. The zero-order valence-electron chi connectivity index (χ0n) is 8.29. The highest BCUT2D eigenvalue weighted by Gasteiger charge is 2.22. The third-order valence-electron chi connectivity index (χ3n) is 1.80. The van der Waals surface area contributed by atoms with Gasteiger partial charge in [-0.05, 0) is 19.1 Å². The number of esters is 1. The molecule has 0 saturated heterocycles. The van der Waals surface area contributed by atoms with E-state index in [1.807, 2.05) is 0 Å². The predicted octanol–water partition coefficient (Wildman–Crippen LogP) is 2.87. The first-order chi connectivity index (χ1) is 7.49. The van der Waals surface area contributed by atoms with E-state index in [0.717, 1.165) is 0 Å². The fourth-order valence-corrected chi connectivity index (χ4v) is 1.54. The van der Waals surface area contributed by atoms with Gasteiger partial charge in [-0.25, -0.2) is 9.59 Å². The number of hydrogen-bond acceptors (Lipinski definition) is 3. The molecule has 6 heteroatoms. The van der Waals surface area contributed by atoms with Crippen molar-refractivity contribution >= 4 is 35.1 Å². The molecule has 1 aromatic carbocycles. The van der Waals surface area contributed by atoms with Gasteiger partial charge >= 0.3 is 11.9 Å². The normalized spacial score (nSPS) is 9.94. The number of carboxylic acids is 1. The van der Waals surface area contributed by atoms with Crippen LogP contribution in [0.25, 0.3) is 0 Å². The maximum absolute atomic E-state index is 11.4. The summed E-state index contributed by atoms with van der Waals surface area (Å²) in [7, 11) is 0. The number of benzene rings is 1. The van der Waals surface area contributed by atoms with E-state index in [-0.39, 0.29) is 27.8 Å². The summed E-state index contributed by atoms with van der Waals surface area (Å²) in [6.07, 6.45) is 0. The van der Waals surface area contributed by atoms with Crippen LogP contribution in [0.15, 0.2) is 12.1 Å². The Balaban J connectivity index is 3.34. The first-order valence-electron chi connectivity index (χ1n) is 4.37. The van der Waals surface area contributed by atoms with Gasteiger partial charge in [0.05, 0.1) is 27.8 Å². The van der Waals surface area contributed by atoms with E-state index in [2.05, 4.69) is 0 Å². The summed E-state index contributed by atoms with van der Waals surface area (Å²) >= 11 is 11.4. The van der Waals surface area contributed by atoms with Crippen molar-refractivity contribution in [2.75, 3.05) is 6.61 Å². The molecule has 1 aromatic rings. The van der Waals surface area contributed by atoms with Crippen molar-refractivity contribution in [3.63, 3.8) is 0 Å². The maximum Gasteiger partial charge on any atom is 0.339 e. The third kappa shape index (κ3) is 2.46. The number of hydrogen-bond donors (Lipinski definition) is 1. The molecule has 0 fully saturated rings. The average Bonchev–Trinajstić information content (AvgIpc) is 2.21. The molecule has 16 heavy (non-hydrogen) atoms. The molecule has 0 aliphatic carbocycles. The summed E-state index contributed by atoms with van der Waals surface area (Å²) in [6, 6.07) is 2.62. The van der Waals surface area contributed by atoms with Crippen molar-refractivity contribution < 1.29 is 19.4 Å². The van der Waals surface area contributed by atoms with Crippen molar-refractivity contribution in [3.8, 4) is 0 Å². The topological polar surface area (TPSA) is 63.6 Å².